The third-order valence-electron chi connectivity index (χ3n) is 1.87. The molecular weight excluding hydrogens is 299 g/mol. The number of hydrogen-bond acceptors (Lipinski definition) is 3. The molecule has 0 saturated carbocycles. The molecule has 0 bridgehead atoms. The minimum atomic E-state index is -4.45. The van der Waals surface area contributed by atoms with Crippen molar-refractivity contribution in [3.63, 3.8) is 0 Å². The molecule has 0 unspecified atom stereocenters. The minimum absolute atomic E-state index is 0.199. The summed E-state index contributed by atoms with van der Waals surface area (Å²) >= 11 is 2.96. The summed E-state index contributed by atoms with van der Waals surface area (Å²) in [6, 6.07) is 0.985. The molecule has 0 spiro atoms. The van der Waals surface area contributed by atoms with Gasteiger partial charge in [0.15, 0.2) is 0 Å². The van der Waals surface area contributed by atoms with Crippen LogP contribution in [0.5, 0.6) is 0 Å². The summed E-state index contributed by atoms with van der Waals surface area (Å²) in [5.74, 6) is -0.209. The fourth-order valence-electron chi connectivity index (χ4n) is 1.11. The molecule has 1 aromatic rings. The van der Waals surface area contributed by atoms with Gasteiger partial charge in [-0.2, -0.15) is 13.2 Å². The van der Waals surface area contributed by atoms with E-state index in [9.17, 15) is 13.2 Å². The van der Waals surface area contributed by atoms with E-state index in [1.165, 1.54) is 6.20 Å². The van der Waals surface area contributed by atoms with Crippen molar-refractivity contribution < 1.29 is 13.2 Å². The Labute approximate surface area is 106 Å². The van der Waals surface area contributed by atoms with Crippen molar-refractivity contribution in [2.75, 3.05) is 11.9 Å². The molecule has 0 aliphatic rings. The molecule has 96 valence electrons. The molecule has 0 fully saturated rings. The Kier molecular flexibility index (Phi) is 4.03. The fourth-order valence-corrected chi connectivity index (χ4v) is 1.44. The molecule has 0 aromatic carbocycles. The van der Waals surface area contributed by atoms with E-state index in [1.807, 2.05) is 0 Å². The average molecular weight is 312 g/mol. The molecule has 0 radical (unpaired) electrons. The highest BCUT2D eigenvalue weighted by molar-refractivity contribution is 9.10. The first-order chi connectivity index (χ1) is 7.59. The van der Waals surface area contributed by atoms with E-state index >= 15 is 0 Å². The molecule has 1 aromatic heterocycles. The Morgan fingerprint density at radius 3 is 2.47 bits per heavy atom. The minimum Gasteiger partial charge on any atom is -0.368 e. The number of hydrogen-bond donors (Lipinski definition) is 2. The van der Waals surface area contributed by atoms with Gasteiger partial charge in [0, 0.05) is 22.8 Å². The fraction of sp³-hybridized carbons (Fsp3) is 0.500. The van der Waals surface area contributed by atoms with Crippen LogP contribution in [0.3, 0.4) is 0 Å². The molecule has 0 saturated heterocycles. The molecule has 7 heteroatoms. The topological polar surface area (TPSA) is 50.9 Å². The maximum Gasteiger partial charge on any atom is 0.419 e. The van der Waals surface area contributed by atoms with Gasteiger partial charge in [-0.25, -0.2) is 4.98 Å². The second kappa shape index (κ2) is 4.81. The lowest BCUT2D eigenvalue weighted by Gasteiger charge is -2.21. The van der Waals surface area contributed by atoms with Gasteiger partial charge in [-0.1, -0.05) is 0 Å². The Balaban J connectivity index is 2.99. The van der Waals surface area contributed by atoms with Crippen LogP contribution in [0.2, 0.25) is 0 Å². The maximum absolute atomic E-state index is 12.7. The summed E-state index contributed by atoms with van der Waals surface area (Å²) in [6.45, 7) is 3.63. The predicted octanol–water partition coefficient (Wildman–Crippen LogP) is 3.01. The van der Waals surface area contributed by atoms with E-state index in [1.54, 1.807) is 13.8 Å². The van der Waals surface area contributed by atoms with Gasteiger partial charge in [0.1, 0.15) is 5.82 Å². The van der Waals surface area contributed by atoms with E-state index in [0.29, 0.717) is 0 Å². The number of nitrogens with two attached hydrogens (primary N) is 1. The maximum atomic E-state index is 12.7. The van der Waals surface area contributed by atoms with Crippen LogP contribution in [0, 0.1) is 0 Å². The van der Waals surface area contributed by atoms with Gasteiger partial charge in [-0.15, -0.1) is 0 Å². The number of nitrogens with one attached hydrogen (secondary N) is 1. The van der Waals surface area contributed by atoms with Crippen LogP contribution >= 0.6 is 15.9 Å². The Bertz CT molecular complexity index is 399. The molecule has 1 rings (SSSR count). The number of pyridine rings is 1. The number of rotatable bonds is 3. The SMILES string of the molecule is CC(C)(N)CNc1ncc(Br)cc1C(F)(F)F. The van der Waals surface area contributed by atoms with Gasteiger partial charge in [0.05, 0.1) is 5.56 Å². The number of aromatic nitrogens is 1. The molecule has 0 amide bonds. The number of nitrogens with zero attached hydrogens (tertiary/aromatic N) is 1. The lowest BCUT2D eigenvalue weighted by Crippen LogP contribution is -2.40. The van der Waals surface area contributed by atoms with Gasteiger partial charge in [-0.3, -0.25) is 0 Å². The van der Waals surface area contributed by atoms with Crippen LogP contribution in [0.1, 0.15) is 19.4 Å². The van der Waals surface area contributed by atoms with Gasteiger partial charge in [-0.05, 0) is 35.8 Å². The highest BCUT2D eigenvalue weighted by Gasteiger charge is 2.34. The Morgan fingerprint density at radius 2 is 2.00 bits per heavy atom. The van der Waals surface area contributed by atoms with E-state index in [-0.39, 0.29) is 16.8 Å². The van der Waals surface area contributed by atoms with Crippen LogP contribution in [-0.4, -0.2) is 17.1 Å². The van der Waals surface area contributed by atoms with E-state index < -0.39 is 17.3 Å². The van der Waals surface area contributed by atoms with E-state index in [4.69, 9.17) is 5.73 Å². The van der Waals surface area contributed by atoms with Crippen molar-refractivity contribution in [2.45, 2.75) is 25.6 Å². The highest BCUT2D eigenvalue weighted by Crippen LogP contribution is 2.35. The largest absolute Gasteiger partial charge is 0.419 e. The van der Waals surface area contributed by atoms with Crippen LogP contribution in [0.4, 0.5) is 19.0 Å². The molecule has 17 heavy (non-hydrogen) atoms. The molecular formula is C10H13BrF3N3. The summed E-state index contributed by atoms with van der Waals surface area (Å²) in [5, 5.41) is 2.61. The molecule has 3 nitrogen and oxygen atoms in total. The Morgan fingerprint density at radius 1 is 1.41 bits per heavy atom. The normalized spacial score (nSPS) is 12.6. The summed E-state index contributed by atoms with van der Waals surface area (Å²) in [7, 11) is 0. The smallest absolute Gasteiger partial charge is 0.368 e. The second-order valence-electron chi connectivity index (χ2n) is 4.39. The molecule has 3 N–H and O–H groups in total. The van der Waals surface area contributed by atoms with Crippen LogP contribution in [-0.2, 0) is 6.18 Å². The molecule has 0 aliphatic carbocycles. The molecule has 0 aliphatic heterocycles. The zero-order valence-electron chi connectivity index (χ0n) is 9.40. The van der Waals surface area contributed by atoms with Crippen LogP contribution in [0.25, 0.3) is 0 Å². The first kappa shape index (κ1) is 14.2. The quantitative estimate of drug-likeness (QED) is 0.902. The standard InChI is InChI=1S/C10H13BrF3N3/c1-9(2,15)5-17-8-7(10(12,13)14)3-6(11)4-16-8/h3-4H,5,15H2,1-2H3,(H,16,17). The predicted molar refractivity (Wildman–Crippen MR) is 63.7 cm³/mol. The Hall–Kier alpha value is -0.820. The summed E-state index contributed by atoms with van der Waals surface area (Å²) in [6.07, 6.45) is -3.14. The van der Waals surface area contributed by atoms with Crippen molar-refractivity contribution >= 4 is 21.7 Å². The van der Waals surface area contributed by atoms with E-state index in [2.05, 4.69) is 26.2 Å². The van der Waals surface area contributed by atoms with Gasteiger partial charge in [0.2, 0.25) is 0 Å². The summed E-state index contributed by atoms with van der Waals surface area (Å²) < 4.78 is 38.4. The number of alkyl halides is 3. The number of halogens is 4. The lowest BCUT2D eigenvalue weighted by molar-refractivity contribution is -0.137. The van der Waals surface area contributed by atoms with Crippen molar-refractivity contribution in [1.82, 2.24) is 4.98 Å². The van der Waals surface area contributed by atoms with E-state index in [0.717, 1.165) is 6.07 Å². The monoisotopic (exact) mass is 311 g/mol. The van der Waals surface area contributed by atoms with Gasteiger partial charge >= 0.3 is 6.18 Å². The van der Waals surface area contributed by atoms with Crippen molar-refractivity contribution in [2.24, 2.45) is 5.73 Å². The first-order valence-electron chi connectivity index (χ1n) is 4.85. The van der Waals surface area contributed by atoms with Crippen LogP contribution in [0.15, 0.2) is 16.7 Å². The lowest BCUT2D eigenvalue weighted by atomic mass is 10.1. The zero-order valence-corrected chi connectivity index (χ0v) is 11.0. The highest BCUT2D eigenvalue weighted by atomic mass is 79.9. The number of anilines is 1. The zero-order chi connectivity index (χ0) is 13.3. The third-order valence-corrected chi connectivity index (χ3v) is 2.30. The van der Waals surface area contributed by atoms with Crippen molar-refractivity contribution in [1.29, 1.82) is 0 Å². The van der Waals surface area contributed by atoms with Gasteiger partial charge < -0.3 is 11.1 Å². The molecule has 1 heterocycles. The second-order valence-corrected chi connectivity index (χ2v) is 5.31. The van der Waals surface area contributed by atoms with Crippen LogP contribution < -0.4 is 11.1 Å². The summed E-state index contributed by atoms with van der Waals surface area (Å²) in [4.78, 5) is 3.71. The molecule has 0 atom stereocenters. The summed E-state index contributed by atoms with van der Waals surface area (Å²) in [5.41, 5.74) is 4.27. The first-order valence-corrected chi connectivity index (χ1v) is 5.64. The average Bonchev–Trinajstić information content (AvgIpc) is 2.13. The third kappa shape index (κ3) is 4.51. The van der Waals surface area contributed by atoms with Crippen molar-refractivity contribution in [3.05, 3.63) is 22.3 Å². The van der Waals surface area contributed by atoms with Gasteiger partial charge in [0.25, 0.3) is 0 Å². The van der Waals surface area contributed by atoms with Crippen molar-refractivity contribution in [3.8, 4) is 0 Å².